The average molecular weight is 206 g/mol. The molecule has 0 aliphatic carbocycles. The van der Waals surface area contributed by atoms with Crippen LogP contribution in [0.4, 0.5) is 0 Å². The summed E-state index contributed by atoms with van der Waals surface area (Å²) in [5.41, 5.74) is 8.28. The number of aryl methyl sites for hydroxylation is 1. The van der Waals surface area contributed by atoms with E-state index >= 15 is 0 Å². The van der Waals surface area contributed by atoms with E-state index in [1.165, 1.54) is 0 Å². The molecule has 2 aromatic rings. The van der Waals surface area contributed by atoms with Crippen molar-refractivity contribution in [1.82, 2.24) is 15.0 Å². The number of aromatic nitrogens is 3. The number of nitrogens with zero attached hydrogens (tertiary/aromatic N) is 2. The standard InChI is InChI=1S/C10H14N4O/c1-6-3-7-9(12-5-6)14-10(13-7)8(4-11)15-2/h3,5,8H,4,11H2,1-2H3,(H,12,13,14). The summed E-state index contributed by atoms with van der Waals surface area (Å²) in [5, 5.41) is 0. The number of pyridine rings is 1. The highest BCUT2D eigenvalue weighted by atomic mass is 16.5. The highest BCUT2D eigenvalue weighted by Crippen LogP contribution is 2.16. The van der Waals surface area contributed by atoms with Crippen LogP contribution >= 0.6 is 0 Å². The maximum Gasteiger partial charge on any atom is 0.177 e. The predicted molar refractivity (Wildman–Crippen MR) is 57.4 cm³/mol. The Kier molecular flexibility index (Phi) is 2.66. The van der Waals surface area contributed by atoms with Crippen molar-refractivity contribution in [3.8, 4) is 0 Å². The molecule has 80 valence electrons. The van der Waals surface area contributed by atoms with E-state index in [9.17, 15) is 0 Å². The van der Waals surface area contributed by atoms with E-state index in [1.54, 1.807) is 13.3 Å². The van der Waals surface area contributed by atoms with E-state index in [1.807, 2.05) is 13.0 Å². The lowest BCUT2D eigenvalue weighted by molar-refractivity contribution is 0.104. The van der Waals surface area contributed by atoms with Crippen LogP contribution in [0.2, 0.25) is 0 Å². The molecule has 2 rings (SSSR count). The van der Waals surface area contributed by atoms with Crippen molar-refractivity contribution in [2.24, 2.45) is 5.73 Å². The molecule has 0 aliphatic heterocycles. The molecule has 15 heavy (non-hydrogen) atoms. The van der Waals surface area contributed by atoms with E-state index in [4.69, 9.17) is 10.5 Å². The number of hydrogen-bond donors (Lipinski definition) is 2. The van der Waals surface area contributed by atoms with Gasteiger partial charge in [-0.2, -0.15) is 0 Å². The molecule has 0 fully saturated rings. The van der Waals surface area contributed by atoms with Gasteiger partial charge in [-0.05, 0) is 18.6 Å². The van der Waals surface area contributed by atoms with Crippen molar-refractivity contribution < 1.29 is 4.74 Å². The molecule has 0 spiro atoms. The Labute approximate surface area is 87.7 Å². The third-order valence-corrected chi connectivity index (χ3v) is 2.30. The number of H-pyrrole nitrogens is 1. The first-order chi connectivity index (χ1) is 7.24. The van der Waals surface area contributed by atoms with Crippen LogP contribution in [0.25, 0.3) is 11.2 Å². The van der Waals surface area contributed by atoms with Crippen molar-refractivity contribution >= 4 is 11.2 Å². The van der Waals surface area contributed by atoms with Gasteiger partial charge in [-0.1, -0.05) is 0 Å². The molecule has 1 atom stereocenters. The van der Waals surface area contributed by atoms with Gasteiger partial charge in [0.05, 0.1) is 5.52 Å². The normalized spacial score (nSPS) is 13.3. The Morgan fingerprint density at radius 3 is 3.07 bits per heavy atom. The van der Waals surface area contributed by atoms with Gasteiger partial charge < -0.3 is 15.5 Å². The quantitative estimate of drug-likeness (QED) is 0.782. The van der Waals surface area contributed by atoms with Crippen LogP contribution in [-0.4, -0.2) is 28.6 Å². The van der Waals surface area contributed by atoms with Gasteiger partial charge in [-0.3, -0.25) is 0 Å². The van der Waals surface area contributed by atoms with Crippen molar-refractivity contribution in [3.63, 3.8) is 0 Å². The number of fused-ring (bicyclic) bond motifs is 1. The first-order valence-corrected chi connectivity index (χ1v) is 4.79. The number of imidazole rings is 1. The third-order valence-electron chi connectivity index (χ3n) is 2.30. The Morgan fingerprint density at radius 2 is 2.40 bits per heavy atom. The SMILES string of the molecule is COC(CN)c1nc2ncc(C)cc2[nH]1. The van der Waals surface area contributed by atoms with Crippen LogP contribution in [0.5, 0.6) is 0 Å². The molecule has 0 radical (unpaired) electrons. The molecule has 0 amide bonds. The topological polar surface area (TPSA) is 76.8 Å². The lowest BCUT2D eigenvalue weighted by Crippen LogP contribution is -2.15. The van der Waals surface area contributed by atoms with Gasteiger partial charge in [0.25, 0.3) is 0 Å². The summed E-state index contributed by atoms with van der Waals surface area (Å²) in [6.07, 6.45) is 1.59. The maximum atomic E-state index is 5.56. The largest absolute Gasteiger partial charge is 0.372 e. The van der Waals surface area contributed by atoms with E-state index in [2.05, 4.69) is 15.0 Å². The van der Waals surface area contributed by atoms with Crippen LogP contribution < -0.4 is 5.73 Å². The minimum atomic E-state index is -0.195. The average Bonchev–Trinajstić information content (AvgIpc) is 2.62. The summed E-state index contributed by atoms with van der Waals surface area (Å²) >= 11 is 0. The van der Waals surface area contributed by atoms with E-state index < -0.39 is 0 Å². The van der Waals surface area contributed by atoms with Gasteiger partial charge in [0.15, 0.2) is 5.65 Å². The number of rotatable bonds is 3. The molecule has 0 saturated carbocycles. The molecular formula is C10H14N4O. The van der Waals surface area contributed by atoms with Crippen LogP contribution in [0.3, 0.4) is 0 Å². The molecule has 5 nitrogen and oxygen atoms in total. The Bertz CT molecular complexity index is 461. The van der Waals surface area contributed by atoms with Crippen molar-refractivity contribution in [2.45, 2.75) is 13.0 Å². The Morgan fingerprint density at radius 1 is 1.60 bits per heavy atom. The molecule has 5 heteroatoms. The zero-order valence-electron chi connectivity index (χ0n) is 8.82. The summed E-state index contributed by atoms with van der Waals surface area (Å²) < 4.78 is 5.20. The number of ether oxygens (including phenoxy) is 1. The van der Waals surface area contributed by atoms with E-state index in [0.717, 1.165) is 16.9 Å². The summed E-state index contributed by atoms with van der Waals surface area (Å²) in [6.45, 7) is 2.39. The van der Waals surface area contributed by atoms with Crippen LogP contribution in [-0.2, 0) is 4.74 Å². The molecule has 1 unspecified atom stereocenters. The minimum absolute atomic E-state index is 0.195. The van der Waals surface area contributed by atoms with E-state index in [0.29, 0.717) is 12.2 Å². The number of hydrogen-bond acceptors (Lipinski definition) is 4. The second-order valence-corrected chi connectivity index (χ2v) is 3.47. The molecule has 0 bridgehead atoms. The van der Waals surface area contributed by atoms with Crippen molar-refractivity contribution in [2.75, 3.05) is 13.7 Å². The van der Waals surface area contributed by atoms with Gasteiger partial charge in [0, 0.05) is 19.9 Å². The van der Waals surface area contributed by atoms with Crippen LogP contribution in [0.15, 0.2) is 12.3 Å². The Balaban J connectivity index is 2.46. The lowest BCUT2D eigenvalue weighted by atomic mass is 10.3. The second kappa shape index (κ2) is 3.96. The van der Waals surface area contributed by atoms with Gasteiger partial charge in [-0.25, -0.2) is 9.97 Å². The number of methoxy groups -OCH3 is 1. The summed E-state index contributed by atoms with van der Waals surface area (Å²) in [5.74, 6) is 0.730. The summed E-state index contributed by atoms with van der Waals surface area (Å²) in [6, 6.07) is 2.00. The number of nitrogens with one attached hydrogen (secondary N) is 1. The third kappa shape index (κ3) is 1.84. The Hall–Kier alpha value is -1.46. The summed E-state index contributed by atoms with van der Waals surface area (Å²) in [7, 11) is 1.61. The zero-order valence-corrected chi connectivity index (χ0v) is 8.82. The molecule has 2 heterocycles. The first-order valence-electron chi connectivity index (χ1n) is 4.79. The lowest BCUT2D eigenvalue weighted by Gasteiger charge is -2.08. The summed E-state index contributed by atoms with van der Waals surface area (Å²) in [4.78, 5) is 11.7. The molecule has 3 N–H and O–H groups in total. The predicted octanol–water partition coefficient (Wildman–Crippen LogP) is 0.913. The van der Waals surface area contributed by atoms with Gasteiger partial charge in [-0.15, -0.1) is 0 Å². The zero-order chi connectivity index (χ0) is 10.8. The van der Waals surface area contributed by atoms with Crippen molar-refractivity contribution in [3.05, 3.63) is 23.7 Å². The molecule has 0 aliphatic rings. The minimum Gasteiger partial charge on any atom is -0.372 e. The van der Waals surface area contributed by atoms with Gasteiger partial charge in [0.1, 0.15) is 11.9 Å². The highest BCUT2D eigenvalue weighted by molar-refractivity contribution is 5.71. The molecular weight excluding hydrogens is 192 g/mol. The van der Waals surface area contributed by atoms with Gasteiger partial charge in [0.2, 0.25) is 0 Å². The van der Waals surface area contributed by atoms with Crippen LogP contribution in [0.1, 0.15) is 17.5 Å². The van der Waals surface area contributed by atoms with Gasteiger partial charge >= 0.3 is 0 Å². The fraction of sp³-hybridized carbons (Fsp3) is 0.400. The first kappa shape index (κ1) is 10.1. The van der Waals surface area contributed by atoms with Crippen molar-refractivity contribution in [1.29, 1.82) is 0 Å². The smallest absolute Gasteiger partial charge is 0.177 e. The molecule has 0 saturated heterocycles. The van der Waals surface area contributed by atoms with Crippen LogP contribution in [0, 0.1) is 6.92 Å². The fourth-order valence-electron chi connectivity index (χ4n) is 1.50. The van der Waals surface area contributed by atoms with E-state index in [-0.39, 0.29) is 6.10 Å². The monoisotopic (exact) mass is 206 g/mol. The number of nitrogens with two attached hydrogens (primary N) is 1. The number of aromatic amines is 1. The second-order valence-electron chi connectivity index (χ2n) is 3.47. The molecule has 0 aromatic carbocycles. The fourth-order valence-corrected chi connectivity index (χ4v) is 1.50. The maximum absolute atomic E-state index is 5.56. The highest BCUT2D eigenvalue weighted by Gasteiger charge is 2.13. The molecule has 2 aromatic heterocycles.